The Morgan fingerprint density at radius 3 is 2.23 bits per heavy atom. The van der Waals surface area contributed by atoms with Gasteiger partial charge in [-0.2, -0.15) is 0 Å². The number of ether oxygens (including phenoxy) is 1. The monoisotopic (exact) mass is 456 g/mol. The summed E-state index contributed by atoms with van der Waals surface area (Å²) in [5.41, 5.74) is 8.42. The van der Waals surface area contributed by atoms with Gasteiger partial charge in [0.2, 0.25) is 0 Å². The van der Waals surface area contributed by atoms with Crippen LogP contribution in [0.5, 0.6) is 5.75 Å². The number of anilines is 4. The molecule has 0 saturated carbocycles. The fraction of sp³-hybridized carbons (Fsp3) is 0.125. The van der Waals surface area contributed by atoms with Gasteiger partial charge in [0.15, 0.2) is 0 Å². The van der Waals surface area contributed by atoms with Crippen LogP contribution in [-0.2, 0) is 0 Å². The lowest BCUT2D eigenvalue weighted by molar-refractivity contribution is 0.409. The molecule has 3 heteroatoms. The van der Waals surface area contributed by atoms with Gasteiger partial charge in [-0.1, -0.05) is 66.7 Å². The summed E-state index contributed by atoms with van der Waals surface area (Å²) >= 11 is 0. The van der Waals surface area contributed by atoms with Gasteiger partial charge in [-0.05, 0) is 64.4 Å². The Balaban J connectivity index is 1.73. The molecule has 1 atom stereocenters. The normalized spacial score (nSPS) is 14.4. The van der Waals surface area contributed by atoms with E-state index < -0.39 is 0 Å². The van der Waals surface area contributed by atoms with Crippen molar-refractivity contribution in [2.24, 2.45) is 0 Å². The number of nitrogens with zero attached hydrogens (tertiary/aromatic N) is 2. The smallest absolute Gasteiger partial charge is 0.125 e. The van der Waals surface area contributed by atoms with Gasteiger partial charge >= 0.3 is 0 Å². The molecule has 0 aromatic heterocycles. The molecule has 0 bridgehead atoms. The van der Waals surface area contributed by atoms with Crippen LogP contribution in [0.4, 0.5) is 22.7 Å². The zero-order valence-corrected chi connectivity index (χ0v) is 20.3. The molecule has 0 amide bonds. The van der Waals surface area contributed by atoms with Crippen molar-refractivity contribution >= 4 is 33.5 Å². The molecule has 6 rings (SSSR count). The van der Waals surface area contributed by atoms with E-state index in [2.05, 4.69) is 133 Å². The number of para-hydroxylation sites is 1. The number of hydrogen-bond donors (Lipinski definition) is 0. The van der Waals surface area contributed by atoms with Crippen molar-refractivity contribution in [3.63, 3.8) is 0 Å². The highest BCUT2D eigenvalue weighted by molar-refractivity contribution is 5.92. The molecular weight excluding hydrogens is 428 g/mol. The maximum absolute atomic E-state index is 6.02. The van der Waals surface area contributed by atoms with Crippen LogP contribution in [0.1, 0.15) is 22.6 Å². The summed E-state index contributed by atoms with van der Waals surface area (Å²) in [6.45, 7) is 0. The number of fused-ring (bicyclic) bond motifs is 3. The highest BCUT2D eigenvalue weighted by Gasteiger charge is 2.35. The molecule has 0 N–H and O–H groups in total. The van der Waals surface area contributed by atoms with Crippen LogP contribution in [-0.4, -0.2) is 21.2 Å². The molecule has 1 aliphatic heterocycles. The molecular formula is C32H28N2O. The predicted molar refractivity (Wildman–Crippen MR) is 147 cm³/mol. The SMILES string of the molecule is COc1cccc2c1C(c1cccc3ccccc13)c1cc(N(C)C)ccc1N2c1ccccc1. The molecule has 1 unspecified atom stereocenters. The van der Waals surface area contributed by atoms with Crippen LogP contribution >= 0.6 is 0 Å². The molecule has 1 aliphatic rings. The van der Waals surface area contributed by atoms with Crippen molar-refractivity contribution in [1.29, 1.82) is 0 Å². The highest BCUT2D eigenvalue weighted by Crippen LogP contribution is 2.55. The molecule has 35 heavy (non-hydrogen) atoms. The second kappa shape index (κ2) is 8.52. The Hall–Kier alpha value is -4.24. The molecule has 0 spiro atoms. The van der Waals surface area contributed by atoms with E-state index >= 15 is 0 Å². The maximum Gasteiger partial charge on any atom is 0.125 e. The van der Waals surface area contributed by atoms with Gasteiger partial charge in [0.25, 0.3) is 0 Å². The number of hydrogen-bond acceptors (Lipinski definition) is 3. The number of rotatable bonds is 4. The lowest BCUT2D eigenvalue weighted by Crippen LogP contribution is -2.23. The van der Waals surface area contributed by atoms with Crippen molar-refractivity contribution in [3.8, 4) is 5.75 Å². The van der Waals surface area contributed by atoms with Crippen LogP contribution < -0.4 is 14.5 Å². The van der Waals surface area contributed by atoms with Crippen LogP contribution in [0.15, 0.2) is 109 Å². The van der Waals surface area contributed by atoms with Gasteiger partial charge in [0.05, 0.1) is 18.5 Å². The topological polar surface area (TPSA) is 15.7 Å². The van der Waals surface area contributed by atoms with Crippen molar-refractivity contribution in [2.45, 2.75) is 5.92 Å². The first-order valence-electron chi connectivity index (χ1n) is 12.0. The van der Waals surface area contributed by atoms with Gasteiger partial charge < -0.3 is 14.5 Å². The number of benzene rings is 5. The second-order valence-electron chi connectivity index (χ2n) is 9.20. The van der Waals surface area contributed by atoms with E-state index in [-0.39, 0.29) is 5.92 Å². The first kappa shape index (κ1) is 21.3. The summed E-state index contributed by atoms with van der Waals surface area (Å²) in [6.07, 6.45) is 0. The molecule has 0 radical (unpaired) electrons. The first-order chi connectivity index (χ1) is 17.2. The fourth-order valence-corrected chi connectivity index (χ4v) is 5.42. The van der Waals surface area contributed by atoms with Gasteiger partial charge in [-0.3, -0.25) is 0 Å². The third-order valence-corrected chi connectivity index (χ3v) is 7.02. The Morgan fingerprint density at radius 2 is 1.43 bits per heavy atom. The first-order valence-corrected chi connectivity index (χ1v) is 12.0. The lowest BCUT2D eigenvalue weighted by Gasteiger charge is -2.39. The Bertz CT molecular complexity index is 1520. The fourth-order valence-electron chi connectivity index (χ4n) is 5.42. The van der Waals surface area contributed by atoms with Gasteiger partial charge in [0, 0.05) is 37.0 Å². The summed E-state index contributed by atoms with van der Waals surface area (Å²) in [4.78, 5) is 4.54. The Morgan fingerprint density at radius 1 is 0.686 bits per heavy atom. The van der Waals surface area contributed by atoms with E-state index in [0.717, 1.165) is 17.1 Å². The predicted octanol–water partition coefficient (Wildman–Crippen LogP) is 7.88. The average molecular weight is 457 g/mol. The Kier molecular flexibility index (Phi) is 5.18. The van der Waals surface area contributed by atoms with Crippen LogP contribution in [0.2, 0.25) is 0 Å². The Labute approximate surface area is 206 Å². The van der Waals surface area contributed by atoms with E-state index in [1.807, 2.05) is 0 Å². The molecule has 0 aliphatic carbocycles. The van der Waals surface area contributed by atoms with Gasteiger partial charge in [-0.15, -0.1) is 0 Å². The van der Waals surface area contributed by atoms with Gasteiger partial charge in [-0.25, -0.2) is 0 Å². The highest BCUT2D eigenvalue weighted by atomic mass is 16.5. The minimum absolute atomic E-state index is 0.0297. The average Bonchev–Trinajstić information content (AvgIpc) is 2.91. The van der Waals surface area contributed by atoms with Crippen molar-refractivity contribution < 1.29 is 4.74 Å². The van der Waals surface area contributed by atoms with E-state index in [1.54, 1.807) is 7.11 Å². The summed E-state index contributed by atoms with van der Waals surface area (Å²) < 4.78 is 6.02. The third-order valence-electron chi connectivity index (χ3n) is 7.02. The summed E-state index contributed by atoms with van der Waals surface area (Å²) in [7, 11) is 5.97. The summed E-state index contributed by atoms with van der Waals surface area (Å²) in [6, 6.07) is 39.1. The largest absolute Gasteiger partial charge is 0.496 e. The minimum Gasteiger partial charge on any atom is -0.496 e. The number of methoxy groups -OCH3 is 1. The molecule has 3 nitrogen and oxygen atoms in total. The van der Waals surface area contributed by atoms with E-state index in [0.29, 0.717) is 0 Å². The maximum atomic E-state index is 6.02. The minimum atomic E-state index is 0.0297. The molecule has 5 aromatic rings. The van der Waals surface area contributed by atoms with Crippen LogP contribution in [0.25, 0.3) is 10.8 Å². The third kappa shape index (κ3) is 3.43. The molecule has 1 heterocycles. The van der Waals surface area contributed by atoms with Crippen LogP contribution in [0.3, 0.4) is 0 Å². The molecule has 172 valence electrons. The van der Waals surface area contributed by atoms with E-state index in [4.69, 9.17) is 4.74 Å². The zero-order chi connectivity index (χ0) is 23.9. The summed E-state index contributed by atoms with van der Waals surface area (Å²) in [5.74, 6) is 0.935. The van der Waals surface area contributed by atoms with Crippen LogP contribution in [0, 0.1) is 0 Å². The van der Waals surface area contributed by atoms with Crippen molar-refractivity contribution in [2.75, 3.05) is 31.0 Å². The molecule has 5 aromatic carbocycles. The second-order valence-corrected chi connectivity index (χ2v) is 9.20. The van der Waals surface area contributed by atoms with Gasteiger partial charge in [0.1, 0.15) is 5.75 Å². The van der Waals surface area contributed by atoms with E-state index in [1.165, 1.54) is 38.8 Å². The molecule has 0 fully saturated rings. The zero-order valence-electron chi connectivity index (χ0n) is 20.3. The lowest BCUT2D eigenvalue weighted by atomic mass is 9.77. The molecule has 0 saturated heterocycles. The quantitative estimate of drug-likeness (QED) is 0.268. The summed E-state index contributed by atoms with van der Waals surface area (Å²) in [5, 5.41) is 2.52. The standard InChI is InChI=1S/C32H28N2O/c1-33(2)24-19-20-28-27(21-24)31(26-16-9-12-22-11-7-8-15-25(22)26)32-29(17-10-18-30(32)35-3)34(28)23-13-5-4-6-14-23/h4-21,31H,1-3H3. The van der Waals surface area contributed by atoms with Crippen molar-refractivity contribution in [3.05, 3.63) is 126 Å². The van der Waals surface area contributed by atoms with Crippen molar-refractivity contribution in [1.82, 2.24) is 0 Å². The van der Waals surface area contributed by atoms with E-state index in [9.17, 15) is 0 Å².